The van der Waals surface area contributed by atoms with Crippen molar-refractivity contribution in [3.63, 3.8) is 0 Å². The molecule has 0 aromatic carbocycles. The number of nitrogens with one attached hydrogen (secondary N) is 1. The lowest BCUT2D eigenvalue weighted by Crippen LogP contribution is -2.52. The molecular formula is C9H19N. The van der Waals surface area contributed by atoms with Crippen molar-refractivity contribution >= 4 is 0 Å². The monoisotopic (exact) mass is 141 g/mol. The molecule has 1 saturated heterocycles. The molecule has 0 saturated carbocycles. The zero-order valence-electron chi connectivity index (χ0n) is 7.24. The van der Waals surface area contributed by atoms with Crippen LogP contribution in [0.4, 0.5) is 0 Å². The Labute approximate surface area is 64.2 Å². The highest BCUT2D eigenvalue weighted by molar-refractivity contribution is 4.90. The van der Waals surface area contributed by atoms with E-state index in [1.165, 1.54) is 38.8 Å². The van der Waals surface area contributed by atoms with Crippen LogP contribution in [0.1, 0.15) is 39.5 Å². The second-order valence-corrected chi connectivity index (χ2v) is 3.56. The highest BCUT2D eigenvalue weighted by Crippen LogP contribution is 2.32. The fourth-order valence-electron chi connectivity index (χ4n) is 1.63. The summed E-state index contributed by atoms with van der Waals surface area (Å²) < 4.78 is 0. The Morgan fingerprint density at radius 2 is 2.00 bits per heavy atom. The van der Waals surface area contributed by atoms with E-state index in [-0.39, 0.29) is 0 Å². The van der Waals surface area contributed by atoms with Gasteiger partial charge in [-0.2, -0.15) is 0 Å². The van der Waals surface area contributed by atoms with Gasteiger partial charge in [-0.3, -0.25) is 0 Å². The molecule has 1 heteroatoms. The van der Waals surface area contributed by atoms with Crippen molar-refractivity contribution in [2.24, 2.45) is 5.41 Å². The minimum Gasteiger partial charge on any atom is -0.316 e. The van der Waals surface area contributed by atoms with Gasteiger partial charge in [0.05, 0.1) is 0 Å². The Hall–Kier alpha value is -0.0400. The molecule has 0 atom stereocenters. The summed E-state index contributed by atoms with van der Waals surface area (Å²) in [6, 6.07) is 0. The van der Waals surface area contributed by atoms with Crippen molar-refractivity contribution in [1.29, 1.82) is 0 Å². The summed E-state index contributed by atoms with van der Waals surface area (Å²) in [7, 11) is 0. The predicted molar refractivity (Wildman–Crippen MR) is 45.1 cm³/mol. The summed E-state index contributed by atoms with van der Waals surface area (Å²) in [5.74, 6) is 0. The molecule has 1 aliphatic rings. The molecule has 0 bridgehead atoms. The molecule has 1 N–H and O–H groups in total. The summed E-state index contributed by atoms with van der Waals surface area (Å²) in [4.78, 5) is 0. The van der Waals surface area contributed by atoms with Crippen LogP contribution in [0.5, 0.6) is 0 Å². The van der Waals surface area contributed by atoms with E-state index in [0.29, 0.717) is 5.41 Å². The van der Waals surface area contributed by atoms with Gasteiger partial charge < -0.3 is 5.32 Å². The van der Waals surface area contributed by atoms with E-state index in [1.807, 2.05) is 0 Å². The third-order valence-corrected chi connectivity index (χ3v) is 2.81. The summed E-state index contributed by atoms with van der Waals surface area (Å²) in [6.45, 7) is 7.12. The lowest BCUT2D eigenvalue weighted by Gasteiger charge is -2.42. The predicted octanol–water partition coefficient (Wildman–Crippen LogP) is 2.18. The molecule has 1 fully saturated rings. The number of unbranched alkanes of at least 4 members (excludes halogenated alkanes) is 1. The van der Waals surface area contributed by atoms with E-state index in [9.17, 15) is 0 Å². The van der Waals surface area contributed by atoms with Crippen molar-refractivity contribution in [2.75, 3.05) is 13.1 Å². The van der Waals surface area contributed by atoms with Gasteiger partial charge in [0.25, 0.3) is 0 Å². The van der Waals surface area contributed by atoms with Gasteiger partial charge in [0.1, 0.15) is 0 Å². The Bertz CT molecular complexity index is 89.4. The molecule has 1 aliphatic heterocycles. The molecule has 60 valence electrons. The van der Waals surface area contributed by atoms with Crippen molar-refractivity contribution in [1.82, 2.24) is 5.32 Å². The van der Waals surface area contributed by atoms with Gasteiger partial charge in [0.15, 0.2) is 0 Å². The smallest absolute Gasteiger partial charge is 0.00201 e. The summed E-state index contributed by atoms with van der Waals surface area (Å²) >= 11 is 0. The van der Waals surface area contributed by atoms with Gasteiger partial charge in [0, 0.05) is 13.1 Å². The van der Waals surface area contributed by atoms with E-state index in [0.717, 1.165) is 0 Å². The van der Waals surface area contributed by atoms with Gasteiger partial charge in [-0.25, -0.2) is 0 Å². The number of hydrogen-bond donors (Lipinski definition) is 1. The maximum Gasteiger partial charge on any atom is 0.00201 e. The minimum absolute atomic E-state index is 0.704. The van der Waals surface area contributed by atoms with Crippen molar-refractivity contribution in [3.8, 4) is 0 Å². The van der Waals surface area contributed by atoms with E-state index < -0.39 is 0 Å². The first-order valence-corrected chi connectivity index (χ1v) is 4.54. The molecule has 0 unspecified atom stereocenters. The third kappa shape index (κ3) is 1.51. The second-order valence-electron chi connectivity index (χ2n) is 3.56. The standard InChI is InChI=1S/C9H19N/c1-3-5-6-9(4-2)7-10-8-9/h10H,3-8H2,1-2H3. The van der Waals surface area contributed by atoms with Crippen LogP contribution in [0, 0.1) is 5.41 Å². The normalized spacial score (nSPS) is 22.2. The molecule has 1 nitrogen and oxygen atoms in total. The van der Waals surface area contributed by atoms with Crippen LogP contribution in [0.15, 0.2) is 0 Å². The van der Waals surface area contributed by atoms with E-state index in [1.54, 1.807) is 0 Å². The molecule has 0 radical (unpaired) electrons. The highest BCUT2D eigenvalue weighted by atomic mass is 15.0. The zero-order valence-corrected chi connectivity index (χ0v) is 7.24. The van der Waals surface area contributed by atoms with Gasteiger partial charge >= 0.3 is 0 Å². The minimum atomic E-state index is 0.704. The van der Waals surface area contributed by atoms with Gasteiger partial charge in [-0.1, -0.05) is 26.7 Å². The van der Waals surface area contributed by atoms with Crippen molar-refractivity contribution in [2.45, 2.75) is 39.5 Å². The second kappa shape index (κ2) is 3.38. The number of rotatable bonds is 4. The molecule has 1 heterocycles. The first-order valence-electron chi connectivity index (χ1n) is 4.54. The Kier molecular flexibility index (Phi) is 2.72. The van der Waals surface area contributed by atoms with Crippen LogP contribution in [-0.4, -0.2) is 13.1 Å². The zero-order chi connectivity index (χ0) is 7.45. The van der Waals surface area contributed by atoms with E-state index in [4.69, 9.17) is 0 Å². The lowest BCUT2D eigenvalue weighted by atomic mass is 9.75. The molecule has 10 heavy (non-hydrogen) atoms. The maximum absolute atomic E-state index is 3.36. The Balaban J connectivity index is 2.20. The van der Waals surface area contributed by atoms with Crippen LogP contribution in [0.3, 0.4) is 0 Å². The van der Waals surface area contributed by atoms with Crippen LogP contribution in [-0.2, 0) is 0 Å². The maximum atomic E-state index is 3.36. The molecule has 0 aliphatic carbocycles. The fourth-order valence-corrected chi connectivity index (χ4v) is 1.63. The van der Waals surface area contributed by atoms with Gasteiger partial charge in [-0.05, 0) is 18.3 Å². The van der Waals surface area contributed by atoms with Crippen molar-refractivity contribution in [3.05, 3.63) is 0 Å². The Morgan fingerprint density at radius 1 is 1.30 bits per heavy atom. The van der Waals surface area contributed by atoms with Crippen LogP contribution in [0.2, 0.25) is 0 Å². The molecular weight excluding hydrogens is 122 g/mol. The van der Waals surface area contributed by atoms with Crippen LogP contribution < -0.4 is 5.32 Å². The average molecular weight is 141 g/mol. The third-order valence-electron chi connectivity index (χ3n) is 2.81. The molecule has 0 aromatic rings. The summed E-state index contributed by atoms with van der Waals surface area (Å²) in [6.07, 6.45) is 5.56. The van der Waals surface area contributed by atoms with E-state index in [2.05, 4.69) is 19.2 Å². The van der Waals surface area contributed by atoms with Crippen molar-refractivity contribution < 1.29 is 0 Å². The molecule has 0 amide bonds. The number of hydrogen-bond acceptors (Lipinski definition) is 1. The topological polar surface area (TPSA) is 12.0 Å². The first kappa shape index (κ1) is 8.06. The molecule has 1 rings (SSSR count). The molecule has 0 aromatic heterocycles. The average Bonchev–Trinajstić information content (AvgIpc) is 1.87. The molecule has 0 spiro atoms. The highest BCUT2D eigenvalue weighted by Gasteiger charge is 2.33. The van der Waals surface area contributed by atoms with E-state index >= 15 is 0 Å². The van der Waals surface area contributed by atoms with Crippen LogP contribution >= 0.6 is 0 Å². The van der Waals surface area contributed by atoms with Gasteiger partial charge in [-0.15, -0.1) is 0 Å². The largest absolute Gasteiger partial charge is 0.316 e. The summed E-state index contributed by atoms with van der Waals surface area (Å²) in [5.41, 5.74) is 0.704. The van der Waals surface area contributed by atoms with Crippen LogP contribution in [0.25, 0.3) is 0 Å². The lowest BCUT2D eigenvalue weighted by molar-refractivity contribution is 0.142. The first-order chi connectivity index (χ1) is 4.83. The van der Waals surface area contributed by atoms with Gasteiger partial charge in [0.2, 0.25) is 0 Å². The Morgan fingerprint density at radius 3 is 2.30 bits per heavy atom. The quantitative estimate of drug-likeness (QED) is 0.632. The summed E-state index contributed by atoms with van der Waals surface area (Å²) in [5, 5.41) is 3.36. The fraction of sp³-hybridized carbons (Fsp3) is 1.00. The SMILES string of the molecule is CCCCC1(CC)CNC1.